The van der Waals surface area contributed by atoms with Crippen LogP contribution in [-0.4, -0.2) is 52.3 Å². The predicted octanol–water partition coefficient (Wildman–Crippen LogP) is 3.65. The van der Waals surface area contributed by atoms with Crippen molar-refractivity contribution in [2.75, 3.05) is 35.2 Å². The number of nitrogens with zero attached hydrogens (tertiary/aromatic N) is 5. The number of rotatable bonds is 8. The van der Waals surface area contributed by atoms with Gasteiger partial charge in [0.05, 0.1) is 28.2 Å². The molecule has 0 saturated carbocycles. The van der Waals surface area contributed by atoms with Gasteiger partial charge < -0.3 is 16.2 Å². The molecule has 0 bridgehead atoms. The molecule has 3 heterocycles. The van der Waals surface area contributed by atoms with Gasteiger partial charge in [0.25, 0.3) is 0 Å². The van der Waals surface area contributed by atoms with Crippen molar-refractivity contribution >= 4 is 38.5 Å². The minimum absolute atomic E-state index is 0.0869. The van der Waals surface area contributed by atoms with Crippen LogP contribution in [0.15, 0.2) is 42.7 Å². The number of hydrogen-bond donors (Lipinski definition) is 3. The molecule has 0 fully saturated rings. The highest BCUT2D eigenvalue weighted by Gasteiger charge is 2.17. The highest BCUT2D eigenvalue weighted by molar-refractivity contribution is 7.92. The molecule has 11 nitrogen and oxygen atoms in total. The largest absolute Gasteiger partial charge is 0.382 e. The van der Waals surface area contributed by atoms with Crippen LogP contribution in [0.1, 0.15) is 27.2 Å². The molecular weight excluding hydrogens is 499 g/mol. The van der Waals surface area contributed by atoms with Gasteiger partial charge >= 0.3 is 0 Å². The van der Waals surface area contributed by atoms with Gasteiger partial charge in [-0.05, 0) is 44.5 Å². The van der Waals surface area contributed by atoms with E-state index in [1.807, 2.05) is 13.8 Å². The quantitative estimate of drug-likeness (QED) is 0.306. The lowest BCUT2D eigenvalue weighted by Gasteiger charge is -2.11. The maximum atomic E-state index is 15.1. The topological polar surface area (TPSA) is 172 Å². The van der Waals surface area contributed by atoms with Crippen LogP contribution in [0.2, 0.25) is 0 Å². The van der Waals surface area contributed by atoms with E-state index < -0.39 is 15.8 Å². The molecule has 0 aliphatic rings. The third kappa shape index (κ3) is 7.05. The van der Waals surface area contributed by atoms with Crippen molar-refractivity contribution in [1.82, 2.24) is 24.9 Å². The molecule has 1 aromatic carbocycles. The maximum absolute atomic E-state index is 15.1. The van der Waals surface area contributed by atoms with Gasteiger partial charge in [0, 0.05) is 31.2 Å². The average molecular weight is 529 g/mol. The summed E-state index contributed by atoms with van der Waals surface area (Å²) in [6, 6.07) is 7.59. The van der Waals surface area contributed by atoms with Crippen LogP contribution < -0.4 is 16.2 Å². The Bertz CT molecular complexity index is 1470. The smallest absolute Gasteiger partial charge is 0.232 e. The molecule has 5 N–H and O–H groups in total. The van der Waals surface area contributed by atoms with E-state index in [1.54, 1.807) is 19.1 Å². The van der Waals surface area contributed by atoms with Crippen LogP contribution in [0.5, 0.6) is 0 Å². The Labute approximate surface area is 214 Å². The number of nitrogen functional groups attached to an aromatic ring is 2. The Balaban J connectivity index is 0.000000695. The lowest BCUT2D eigenvalue weighted by molar-refractivity contribution is 0.162. The van der Waals surface area contributed by atoms with E-state index in [2.05, 4.69) is 29.6 Å². The van der Waals surface area contributed by atoms with E-state index >= 15 is 4.39 Å². The molecular formula is C24H29FN8O3S. The van der Waals surface area contributed by atoms with Crippen molar-refractivity contribution in [2.24, 2.45) is 0 Å². The molecule has 13 heteroatoms. The normalized spacial score (nSPS) is 11.1. The monoisotopic (exact) mass is 528 g/mol. The molecule has 3 aromatic heterocycles. The fourth-order valence-electron chi connectivity index (χ4n) is 3.27. The fraction of sp³-hybridized carbons (Fsp3) is 0.292. The maximum Gasteiger partial charge on any atom is 0.232 e. The first-order chi connectivity index (χ1) is 17.7. The summed E-state index contributed by atoms with van der Waals surface area (Å²) in [5, 5.41) is 0. The summed E-state index contributed by atoms with van der Waals surface area (Å²) in [5.41, 5.74) is 13.0. The van der Waals surface area contributed by atoms with Gasteiger partial charge in [-0.2, -0.15) is 0 Å². The number of sulfonamides is 1. The number of nitrogens with two attached hydrogens (primary N) is 2. The molecule has 0 unspecified atom stereocenters. The number of fused-ring (bicyclic) bond motifs is 1. The number of pyridine rings is 1. The summed E-state index contributed by atoms with van der Waals surface area (Å²) in [6.07, 6.45) is 3.36. The second kappa shape index (κ2) is 12.3. The summed E-state index contributed by atoms with van der Waals surface area (Å²) in [5.74, 6) is -0.351. The molecule has 0 radical (unpaired) electrons. The molecule has 37 heavy (non-hydrogen) atoms. The third-order valence-corrected chi connectivity index (χ3v) is 6.40. The number of hydrogen-bond acceptors (Lipinski definition) is 10. The highest BCUT2D eigenvalue weighted by atomic mass is 32.2. The van der Waals surface area contributed by atoms with Crippen LogP contribution >= 0.6 is 0 Å². The van der Waals surface area contributed by atoms with E-state index in [0.29, 0.717) is 23.3 Å². The zero-order valence-corrected chi connectivity index (χ0v) is 21.6. The lowest BCUT2D eigenvalue weighted by atomic mass is 10.1. The minimum atomic E-state index is -3.65. The van der Waals surface area contributed by atoms with Crippen LogP contribution in [-0.2, 0) is 14.8 Å². The Morgan fingerprint density at radius 1 is 0.973 bits per heavy atom. The number of halogens is 1. The number of ether oxygens (including phenoxy) is 1. The molecule has 196 valence electrons. The number of benzene rings is 1. The standard InChI is InChI=1S/C20H19FN8O2S.C4H10O/c1-2-8-32(30,31)29-14-5-3-4-12(16(14)21)13-6-7-15-17(26-13)18(22)28-19(27-15)11-9-24-20(23)25-10-11;1-3-5-4-2/h3-7,9-10,29H,2,8H2,1H3,(H2,22,27,28)(H2,23,24,25);3-4H2,1-2H3. The molecule has 0 aliphatic heterocycles. The van der Waals surface area contributed by atoms with Gasteiger partial charge in [-0.3, -0.25) is 4.72 Å². The second-order valence-corrected chi connectivity index (χ2v) is 9.54. The lowest BCUT2D eigenvalue weighted by Crippen LogP contribution is -2.17. The number of aromatic nitrogens is 5. The summed E-state index contributed by atoms with van der Waals surface area (Å²) in [7, 11) is -3.65. The van der Waals surface area contributed by atoms with Crippen molar-refractivity contribution in [3.8, 4) is 22.6 Å². The first kappa shape index (κ1) is 27.6. The Morgan fingerprint density at radius 2 is 1.68 bits per heavy atom. The first-order valence-corrected chi connectivity index (χ1v) is 13.2. The van der Waals surface area contributed by atoms with Gasteiger partial charge in [-0.1, -0.05) is 13.0 Å². The van der Waals surface area contributed by atoms with Gasteiger partial charge in [-0.25, -0.2) is 37.7 Å². The van der Waals surface area contributed by atoms with Crippen molar-refractivity contribution in [3.05, 3.63) is 48.5 Å². The zero-order valence-electron chi connectivity index (χ0n) is 20.8. The molecule has 0 aliphatic carbocycles. The molecule has 0 saturated heterocycles. The molecule has 0 spiro atoms. The summed E-state index contributed by atoms with van der Waals surface area (Å²) < 4.78 is 46.3. The van der Waals surface area contributed by atoms with Crippen molar-refractivity contribution in [3.63, 3.8) is 0 Å². The van der Waals surface area contributed by atoms with Gasteiger partial charge in [-0.15, -0.1) is 0 Å². The number of nitrogens with one attached hydrogen (secondary N) is 1. The minimum Gasteiger partial charge on any atom is -0.382 e. The van der Waals surface area contributed by atoms with E-state index in [4.69, 9.17) is 16.2 Å². The second-order valence-electron chi connectivity index (χ2n) is 7.70. The van der Waals surface area contributed by atoms with Crippen LogP contribution in [0.4, 0.5) is 21.8 Å². The third-order valence-electron chi connectivity index (χ3n) is 4.92. The Hall–Kier alpha value is -3.97. The number of anilines is 3. The van der Waals surface area contributed by atoms with Crippen molar-refractivity contribution in [2.45, 2.75) is 27.2 Å². The van der Waals surface area contributed by atoms with Crippen molar-refractivity contribution in [1.29, 1.82) is 0 Å². The van der Waals surface area contributed by atoms with E-state index in [1.165, 1.54) is 30.6 Å². The molecule has 4 aromatic rings. The summed E-state index contributed by atoms with van der Waals surface area (Å²) >= 11 is 0. The highest BCUT2D eigenvalue weighted by Crippen LogP contribution is 2.30. The molecule has 0 atom stereocenters. The van der Waals surface area contributed by atoms with E-state index in [-0.39, 0.29) is 40.0 Å². The van der Waals surface area contributed by atoms with Crippen LogP contribution in [0.25, 0.3) is 33.7 Å². The molecule has 4 rings (SSSR count). The van der Waals surface area contributed by atoms with Crippen LogP contribution in [0, 0.1) is 5.82 Å². The average Bonchev–Trinajstić information content (AvgIpc) is 2.86. The summed E-state index contributed by atoms with van der Waals surface area (Å²) in [4.78, 5) is 20.9. The molecule has 0 amide bonds. The van der Waals surface area contributed by atoms with E-state index in [0.717, 1.165) is 13.2 Å². The van der Waals surface area contributed by atoms with Crippen LogP contribution in [0.3, 0.4) is 0 Å². The van der Waals surface area contributed by atoms with Gasteiger partial charge in [0.1, 0.15) is 5.52 Å². The Morgan fingerprint density at radius 3 is 2.30 bits per heavy atom. The van der Waals surface area contributed by atoms with E-state index in [9.17, 15) is 8.42 Å². The predicted molar refractivity (Wildman–Crippen MR) is 142 cm³/mol. The van der Waals surface area contributed by atoms with Gasteiger partial charge in [0.15, 0.2) is 17.5 Å². The summed E-state index contributed by atoms with van der Waals surface area (Å²) in [6.45, 7) is 7.39. The van der Waals surface area contributed by atoms with Crippen molar-refractivity contribution < 1.29 is 17.5 Å². The Kier molecular flexibility index (Phi) is 9.20. The SMILES string of the molecule is CCCS(=O)(=O)Nc1cccc(-c2ccc3nc(-c4cnc(N)nc4)nc(N)c3n2)c1F.CCOCC. The fourth-order valence-corrected chi connectivity index (χ4v) is 4.40. The zero-order chi connectivity index (χ0) is 27.0. The first-order valence-electron chi connectivity index (χ1n) is 11.6. The van der Waals surface area contributed by atoms with Gasteiger partial charge in [0.2, 0.25) is 16.0 Å².